The maximum Gasteiger partial charge on any atom is 0.298 e. The summed E-state index contributed by atoms with van der Waals surface area (Å²) in [6.45, 7) is 0.173. The zero-order valence-corrected chi connectivity index (χ0v) is 19.9. The fraction of sp³-hybridized carbons (Fsp3) is 0.0435. The lowest BCUT2D eigenvalue weighted by atomic mass is 10.1. The largest absolute Gasteiger partial charge is 0.488 e. The lowest BCUT2D eigenvalue weighted by Gasteiger charge is -2.12. The van der Waals surface area contributed by atoms with Gasteiger partial charge in [-0.25, -0.2) is 4.90 Å². The highest BCUT2D eigenvalue weighted by atomic mass is 79.9. The molecule has 1 fully saturated rings. The van der Waals surface area contributed by atoms with Crippen LogP contribution in [0.2, 0.25) is 5.02 Å². The number of non-ortho nitro benzene ring substituents is 1. The number of benzene rings is 3. The van der Waals surface area contributed by atoms with Crippen molar-refractivity contribution in [1.82, 2.24) is 0 Å². The number of nitro groups is 1. The first kappa shape index (κ1) is 23.0. The molecule has 1 saturated heterocycles. The Hall–Kier alpha value is -3.14. The summed E-state index contributed by atoms with van der Waals surface area (Å²) in [5.74, 6) is 0.0588. The molecule has 0 unspecified atom stereocenters. The summed E-state index contributed by atoms with van der Waals surface area (Å²) in [4.78, 5) is 37.2. The number of anilines is 1. The van der Waals surface area contributed by atoms with Crippen LogP contribution in [0, 0.1) is 10.1 Å². The number of rotatable bonds is 6. The molecule has 2 amide bonds. The molecule has 0 atom stereocenters. The van der Waals surface area contributed by atoms with Crippen LogP contribution in [-0.4, -0.2) is 16.1 Å². The van der Waals surface area contributed by atoms with Crippen LogP contribution in [0.25, 0.3) is 6.08 Å². The molecule has 0 bridgehead atoms. The monoisotopic (exact) mass is 544 g/mol. The molecule has 0 spiro atoms. The Morgan fingerprint density at radius 3 is 2.42 bits per heavy atom. The van der Waals surface area contributed by atoms with Gasteiger partial charge in [0.15, 0.2) is 0 Å². The molecule has 0 N–H and O–H groups in total. The Morgan fingerprint density at radius 2 is 1.76 bits per heavy atom. The van der Waals surface area contributed by atoms with Crippen LogP contribution in [0.3, 0.4) is 0 Å². The van der Waals surface area contributed by atoms with Crippen molar-refractivity contribution in [3.05, 3.63) is 102 Å². The van der Waals surface area contributed by atoms with Crippen molar-refractivity contribution >= 4 is 67.9 Å². The first-order valence-corrected chi connectivity index (χ1v) is 11.5. The van der Waals surface area contributed by atoms with Crippen molar-refractivity contribution in [2.45, 2.75) is 6.61 Å². The Bertz CT molecular complexity index is 1280. The zero-order valence-electron chi connectivity index (χ0n) is 16.7. The van der Waals surface area contributed by atoms with Crippen LogP contribution < -0.4 is 9.64 Å². The average Bonchev–Trinajstić information content (AvgIpc) is 3.07. The number of carbonyl (C=O) groups is 2. The van der Waals surface area contributed by atoms with E-state index in [-0.39, 0.29) is 17.2 Å². The minimum absolute atomic E-state index is 0.000469. The highest BCUT2D eigenvalue weighted by molar-refractivity contribution is 9.10. The van der Waals surface area contributed by atoms with Gasteiger partial charge in [-0.3, -0.25) is 19.7 Å². The van der Waals surface area contributed by atoms with Gasteiger partial charge in [0.05, 0.1) is 15.5 Å². The molecule has 4 rings (SSSR count). The van der Waals surface area contributed by atoms with Gasteiger partial charge in [-0.2, -0.15) is 0 Å². The topological polar surface area (TPSA) is 89.7 Å². The van der Waals surface area contributed by atoms with Gasteiger partial charge in [-0.1, -0.05) is 27.5 Å². The number of halogens is 2. The van der Waals surface area contributed by atoms with Gasteiger partial charge < -0.3 is 4.74 Å². The van der Waals surface area contributed by atoms with Crippen molar-refractivity contribution < 1.29 is 19.2 Å². The quantitative estimate of drug-likeness (QED) is 0.192. The normalized spacial score (nSPS) is 14.7. The summed E-state index contributed by atoms with van der Waals surface area (Å²) >= 11 is 10.2. The third-order valence-electron chi connectivity index (χ3n) is 4.68. The Morgan fingerprint density at radius 1 is 1.06 bits per heavy atom. The van der Waals surface area contributed by atoms with Crippen molar-refractivity contribution in [2.75, 3.05) is 4.90 Å². The third kappa shape index (κ3) is 5.27. The van der Waals surface area contributed by atoms with E-state index in [2.05, 4.69) is 15.9 Å². The Balaban J connectivity index is 1.57. The van der Waals surface area contributed by atoms with E-state index in [1.165, 1.54) is 12.1 Å². The fourth-order valence-electron chi connectivity index (χ4n) is 3.06. The summed E-state index contributed by atoms with van der Waals surface area (Å²) in [7, 11) is 0. The summed E-state index contributed by atoms with van der Waals surface area (Å²) in [6, 6.07) is 17.8. The van der Waals surface area contributed by atoms with Gasteiger partial charge in [0.1, 0.15) is 12.4 Å². The number of hydrogen-bond donors (Lipinski definition) is 0. The zero-order chi connectivity index (χ0) is 23.5. The summed E-state index contributed by atoms with van der Waals surface area (Å²) in [5, 5.41) is 10.9. The highest BCUT2D eigenvalue weighted by Crippen LogP contribution is 2.37. The van der Waals surface area contributed by atoms with Crippen LogP contribution in [0.1, 0.15) is 11.1 Å². The number of thioether (sulfide) groups is 1. The smallest absolute Gasteiger partial charge is 0.298 e. The summed E-state index contributed by atoms with van der Waals surface area (Å²) in [5.41, 5.74) is 1.79. The Kier molecular flexibility index (Phi) is 6.83. The molecular weight excluding hydrogens is 532 g/mol. The number of nitrogens with zero attached hydrogens (tertiary/aromatic N) is 2. The van der Waals surface area contributed by atoms with Crippen LogP contribution >= 0.6 is 39.3 Å². The van der Waals surface area contributed by atoms with E-state index in [4.69, 9.17) is 16.3 Å². The van der Waals surface area contributed by atoms with E-state index >= 15 is 0 Å². The van der Waals surface area contributed by atoms with Gasteiger partial charge in [0.25, 0.3) is 16.8 Å². The van der Waals surface area contributed by atoms with Gasteiger partial charge in [-0.15, -0.1) is 0 Å². The second-order valence-electron chi connectivity index (χ2n) is 6.89. The summed E-state index contributed by atoms with van der Waals surface area (Å²) < 4.78 is 6.68. The molecule has 3 aromatic rings. The molecule has 1 aliphatic rings. The molecule has 0 radical (unpaired) electrons. The number of amides is 2. The fourth-order valence-corrected chi connectivity index (χ4v) is 4.40. The molecule has 0 aliphatic carbocycles. The van der Waals surface area contributed by atoms with E-state index in [9.17, 15) is 19.7 Å². The first-order valence-electron chi connectivity index (χ1n) is 9.51. The molecule has 0 aromatic heterocycles. The molecule has 1 aliphatic heterocycles. The first-order chi connectivity index (χ1) is 15.8. The van der Waals surface area contributed by atoms with Crippen molar-refractivity contribution in [2.24, 2.45) is 0 Å². The van der Waals surface area contributed by atoms with Crippen molar-refractivity contribution in [1.29, 1.82) is 0 Å². The van der Waals surface area contributed by atoms with E-state index in [0.717, 1.165) is 26.7 Å². The highest BCUT2D eigenvalue weighted by Gasteiger charge is 2.36. The summed E-state index contributed by atoms with van der Waals surface area (Å²) in [6.07, 6.45) is 1.61. The minimum Gasteiger partial charge on any atom is -0.488 e. The minimum atomic E-state index is -0.464. The van der Waals surface area contributed by atoms with Gasteiger partial charge in [-0.05, 0) is 78.0 Å². The average molecular weight is 546 g/mol. The van der Waals surface area contributed by atoms with Crippen LogP contribution in [0.4, 0.5) is 16.2 Å². The number of carbonyl (C=O) groups excluding carboxylic acids is 2. The lowest BCUT2D eigenvalue weighted by Crippen LogP contribution is -2.27. The molecule has 166 valence electrons. The van der Waals surface area contributed by atoms with Gasteiger partial charge >= 0.3 is 0 Å². The predicted molar refractivity (Wildman–Crippen MR) is 131 cm³/mol. The van der Waals surface area contributed by atoms with Crippen molar-refractivity contribution in [3.63, 3.8) is 0 Å². The molecular formula is C23H14BrClN2O5S. The van der Waals surface area contributed by atoms with Crippen LogP contribution in [-0.2, 0) is 11.4 Å². The molecule has 10 heteroatoms. The van der Waals surface area contributed by atoms with Crippen LogP contribution in [0.15, 0.2) is 76.1 Å². The molecule has 7 nitrogen and oxygen atoms in total. The van der Waals surface area contributed by atoms with E-state index in [0.29, 0.717) is 22.0 Å². The molecule has 1 heterocycles. The van der Waals surface area contributed by atoms with Gasteiger partial charge in [0.2, 0.25) is 0 Å². The lowest BCUT2D eigenvalue weighted by molar-refractivity contribution is -0.384. The van der Waals surface area contributed by atoms with Crippen molar-refractivity contribution in [3.8, 4) is 5.75 Å². The van der Waals surface area contributed by atoms with E-state index in [1.807, 2.05) is 0 Å². The number of hydrogen-bond acceptors (Lipinski definition) is 6. The molecule has 0 saturated carbocycles. The second-order valence-corrected chi connectivity index (χ2v) is 9.23. The third-order valence-corrected chi connectivity index (χ3v) is 6.29. The van der Waals surface area contributed by atoms with E-state index < -0.39 is 16.1 Å². The number of ether oxygens (including phenoxy) is 1. The standard InChI is InChI=1S/C23H14BrClN2O5S/c24-16-3-10-20(32-13-14-1-6-19(7-2-14)27(30)31)15(11-16)12-21-22(28)26(23(29)33-21)18-8-4-17(25)5-9-18/h1-12H,13H2/b21-12+. The maximum absolute atomic E-state index is 12.9. The number of imide groups is 1. The van der Waals surface area contributed by atoms with Gasteiger partial charge in [0, 0.05) is 27.2 Å². The van der Waals surface area contributed by atoms with E-state index in [1.54, 1.807) is 60.7 Å². The second kappa shape index (κ2) is 9.78. The Labute approximate surface area is 206 Å². The predicted octanol–water partition coefficient (Wildman–Crippen LogP) is 6.83. The van der Waals surface area contributed by atoms with Crippen LogP contribution in [0.5, 0.6) is 5.75 Å². The maximum atomic E-state index is 12.9. The molecule has 33 heavy (non-hydrogen) atoms. The molecule has 3 aromatic carbocycles. The SMILES string of the molecule is O=C1S/C(=C/c2cc(Br)ccc2OCc2ccc([N+](=O)[O-])cc2)C(=O)N1c1ccc(Cl)cc1. The number of nitro benzene ring substituents is 1.